The molecule has 0 atom stereocenters. The molecule has 0 fully saturated rings. The van der Waals surface area contributed by atoms with E-state index in [2.05, 4.69) is 43.2 Å². The Morgan fingerprint density at radius 1 is 1.19 bits per heavy atom. The van der Waals surface area contributed by atoms with Crippen molar-refractivity contribution in [3.63, 3.8) is 0 Å². The Bertz CT molecular complexity index is 310. The Balaban J connectivity index is 0.000000606. The number of allylic oxidation sites excluding steroid dienone is 6. The zero-order valence-corrected chi connectivity index (χ0v) is 11.3. The Kier molecular flexibility index (Phi) is 6.22. The first kappa shape index (κ1) is 13.3. The van der Waals surface area contributed by atoms with E-state index in [9.17, 15) is 0 Å². The van der Waals surface area contributed by atoms with Crippen molar-refractivity contribution in [2.45, 2.75) is 12.8 Å². The summed E-state index contributed by atoms with van der Waals surface area (Å²) in [5.74, 6) is 1.37. The molecular formula is C13H12O2Os. The van der Waals surface area contributed by atoms with E-state index in [1.807, 2.05) is 0 Å². The summed E-state index contributed by atoms with van der Waals surface area (Å²) in [5, 5.41) is 0. The van der Waals surface area contributed by atoms with Crippen LogP contribution >= 0.6 is 0 Å². The molecule has 0 aromatic rings. The van der Waals surface area contributed by atoms with E-state index in [1.54, 1.807) is 19.0 Å². The van der Waals surface area contributed by atoms with E-state index in [1.165, 1.54) is 17.1 Å². The molecule has 0 saturated heterocycles. The molecular weight excluding hydrogens is 378 g/mol. The number of rotatable bonds is 4. The molecule has 84 valence electrons. The van der Waals surface area contributed by atoms with Crippen LogP contribution in [0.2, 0.25) is 0 Å². The molecule has 2 aliphatic rings. The van der Waals surface area contributed by atoms with Gasteiger partial charge in [0.1, 0.15) is 0 Å². The summed E-state index contributed by atoms with van der Waals surface area (Å²) in [6, 6.07) is 0. The predicted molar refractivity (Wildman–Crippen MR) is 58.6 cm³/mol. The van der Waals surface area contributed by atoms with E-state index in [-0.39, 0.29) is 0 Å². The van der Waals surface area contributed by atoms with Crippen molar-refractivity contribution < 1.29 is 27.3 Å². The summed E-state index contributed by atoms with van der Waals surface area (Å²) in [7, 11) is 0. The van der Waals surface area contributed by atoms with Crippen LogP contribution in [-0.2, 0) is 27.3 Å². The fraction of sp³-hybridized carbons (Fsp3) is 0.231. The molecule has 2 aliphatic carbocycles. The standard InChI is InChI=1S/C12H12O.CO.Os/c13-9-12(10-5-1-2-6-10)11-7-3-4-8-11;1-2;/h1-5,7H,6,8-9H2;;/q-1;;+1. The summed E-state index contributed by atoms with van der Waals surface area (Å²) in [4.78, 5) is 7.50. The second-order valence-corrected chi connectivity index (χ2v) is 4.11. The fourth-order valence-electron chi connectivity index (χ4n) is 1.78. The summed E-state index contributed by atoms with van der Waals surface area (Å²) >= 11 is 1.57. The van der Waals surface area contributed by atoms with Crippen LogP contribution in [0, 0.1) is 5.92 Å². The van der Waals surface area contributed by atoms with Gasteiger partial charge in [-0.2, -0.15) is 0 Å². The average Bonchev–Trinajstić information content (AvgIpc) is 3.02. The number of hydrogen-bond donors (Lipinski definition) is 0. The van der Waals surface area contributed by atoms with E-state index in [4.69, 9.17) is 8.32 Å². The Labute approximate surface area is 107 Å². The van der Waals surface area contributed by atoms with Crippen molar-refractivity contribution in [3.8, 4) is 0 Å². The average molecular weight is 390 g/mol. The van der Waals surface area contributed by atoms with Crippen molar-refractivity contribution in [2.75, 3.05) is 6.61 Å². The second kappa shape index (κ2) is 7.49. The molecule has 0 aromatic carbocycles. The third-order valence-corrected chi connectivity index (χ3v) is 2.88. The van der Waals surface area contributed by atoms with Gasteiger partial charge in [0.2, 0.25) is 0 Å². The first-order valence-electron chi connectivity index (χ1n) is 4.92. The summed E-state index contributed by atoms with van der Waals surface area (Å²) in [6.07, 6.45) is 15.1. The van der Waals surface area contributed by atoms with Crippen LogP contribution in [0.25, 0.3) is 0 Å². The molecule has 0 unspecified atom stereocenters. The summed E-state index contributed by atoms with van der Waals surface area (Å²) in [5.41, 5.74) is 2.82. The third-order valence-electron chi connectivity index (χ3n) is 2.51. The van der Waals surface area contributed by atoms with E-state index >= 15 is 0 Å². The Hall–Kier alpha value is -0.774. The molecule has 0 aliphatic heterocycles. The zero-order chi connectivity index (χ0) is 11.8. The van der Waals surface area contributed by atoms with Crippen LogP contribution in [0.1, 0.15) is 12.8 Å². The molecule has 16 heavy (non-hydrogen) atoms. The van der Waals surface area contributed by atoms with E-state index < -0.39 is 0 Å². The zero-order valence-electron chi connectivity index (χ0n) is 8.76. The Morgan fingerprint density at radius 2 is 1.69 bits per heavy atom. The van der Waals surface area contributed by atoms with Gasteiger partial charge in [-0.3, -0.25) is 4.79 Å². The maximum atomic E-state index is 7.50. The molecule has 0 saturated carbocycles. The van der Waals surface area contributed by atoms with Gasteiger partial charge in [-0.25, -0.2) is 0 Å². The van der Waals surface area contributed by atoms with Crippen molar-refractivity contribution in [3.05, 3.63) is 53.5 Å². The number of carbonyl (C=O) groups excluding carboxylic acids is 1. The maximum absolute atomic E-state index is 7.50. The predicted octanol–water partition coefficient (Wildman–Crippen LogP) is 2.41. The van der Waals surface area contributed by atoms with Gasteiger partial charge in [-0.05, 0) is 0 Å². The van der Waals surface area contributed by atoms with Crippen LogP contribution in [0.15, 0.2) is 47.6 Å². The van der Waals surface area contributed by atoms with Crippen LogP contribution in [0.5, 0.6) is 0 Å². The van der Waals surface area contributed by atoms with Crippen LogP contribution in [0.4, 0.5) is 0 Å². The van der Waals surface area contributed by atoms with Crippen molar-refractivity contribution in [1.82, 2.24) is 0 Å². The fourth-order valence-corrected chi connectivity index (χ4v) is 2.15. The van der Waals surface area contributed by atoms with Crippen LogP contribution in [0.3, 0.4) is 0 Å². The number of hydrogen-bond acceptors (Lipinski definition) is 2. The molecule has 3 radical (unpaired) electrons. The van der Waals surface area contributed by atoms with Gasteiger partial charge in [-0.15, -0.1) is 0 Å². The van der Waals surface area contributed by atoms with Crippen molar-refractivity contribution in [2.24, 2.45) is 0 Å². The van der Waals surface area contributed by atoms with Gasteiger partial charge < -0.3 is 0 Å². The molecule has 0 bridgehead atoms. The van der Waals surface area contributed by atoms with Gasteiger partial charge in [0.25, 0.3) is 6.79 Å². The SMILES string of the molecule is [C]=O.[Os][O]C[C](C1=CC=CC1)C1=CC=CC1. The molecule has 0 spiro atoms. The van der Waals surface area contributed by atoms with Crippen LogP contribution < -0.4 is 0 Å². The first-order chi connectivity index (χ1) is 7.92. The Morgan fingerprint density at radius 3 is 2.00 bits per heavy atom. The topological polar surface area (TPSA) is 26.3 Å². The second-order valence-electron chi connectivity index (χ2n) is 3.37. The molecule has 0 heterocycles. The van der Waals surface area contributed by atoms with Gasteiger partial charge in [0, 0.05) is 0 Å². The van der Waals surface area contributed by atoms with Crippen molar-refractivity contribution in [1.29, 1.82) is 0 Å². The monoisotopic (exact) mass is 392 g/mol. The molecule has 2 rings (SSSR count). The van der Waals surface area contributed by atoms with Gasteiger partial charge in [0.05, 0.1) is 0 Å². The van der Waals surface area contributed by atoms with Crippen molar-refractivity contribution >= 4 is 6.79 Å². The molecule has 2 nitrogen and oxygen atoms in total. The first-order valence-corrected chi connectivity index (χ1v) is 5.96. The summed E-state index contributed by atoms with van der Waals surface area (Å²) in [6.45, 7) is 5.24. The molecule has 3 heteroatoms. The normalized spacial score (nSPS) is 17.1. The van der Waals surface area contributed by atoms with E-state index in [0.29, 0.717) is 0 Å². The summed E-state index contributed by atoms with van der Waals surface area (Å²) < 4.78 is 5.28. The van der Waals surface area contributed by atoms with Gasteiger partial charge in [0.15, 0.2) is 0 Å². The molecule has 0 aromatic heterocycles. The minimum atomic E-state index is 0.736. The van der Waals surface area contributed by atoms with Gasteiger partial charge >= 0.3 is 95.5 Å². The van der Waals surface area contributed by atoms with Gasteiger partial charge in [-0.1, -0.05) is 0 Å². The quantitative estimate of drug-likeness (QED) is 0.737. The van der Waals surface area contributed by atoms with E-state index in [0.717, 1.165) is 19.4 Å². The van der Waals surface area contributed by atoms with Crippen LogP contribution in [-0.4, -0.2) is 13.4 Å². The molecule has 0 N–H and O–H groups in total. The molecule has 0 amide bonds. The third kappa shape index (κ3) is 3.37. The minimum absolute atomic E-state index is 0.736.